The lowest BCUT2D eigenvalue weighted by atomic mass is 9.82. The Labute approximate surface area is 277 Å². The number of fused-ring (bicyclic) bond motifs is 8. The molecule has 10 rings (SSSR count). The van der Waals surface area contributed by atoms with Crippen molar-refractivity contribution < 1.29 is 4.42 Å². The van der Waals surface area contributed by atoms with Crippen LogP contribution in [0.25, 0.3) is 88.8 Å². The third-order valence-electron chi connectivity index (χ3n) is 10.1. The fourth-order valence-corrected chi connectivity index (χ4v) is 7.67. The monoisotopic (exact) mass is 615 g/mol. The van der Waals surface area contributed by atoms with Gasteiger partial charge in [0.2, 0.25) is 0 Å². The highest BCUT2D eigenvalue weighted by atomic mass is 16.3. The van der Waals surface area contributed by atoms with Crippen LogP contribution in [0, 0.1) is 0 Å². The summed E-state index contributed by atoms with van der Waals surface area (Å²) in [6.45, 7) is 4.60. The molecule has 7 aromatic carbocycles. The summed E-state index contributed by atoms with van der Waals surface area (Å²) in [5.41, 5.74) is 9.28. The molecule has 0 N–H and O–H groups in total. The highest BCUT2D eigenvalue weighted by molar-refractivity contribution is 6.13. The second kappa shape index (κ2) is 9.93. The number of benzene rings is 7. The molecule has 0 fully saturated rings. The molecule has 2 heterocycles. The normalized spacial score (nSPS) is 13.4. The number of aromatic nitrogens is 3. The third-order valence-corrected chi connectivity index (χ3v) is 10.1. The molecular weight excluding hydrogens is 587 g/mol. The van der Waals surface area contributed by atoms with E-state index in [9.17, 15) is 0 Å². The summed E-state index contributed by atoms with van der Waals surface area (Å²) in [6, 6.07) is 49.0. The van der Waals surface area contributed by atoms with Crippen LogP contribution >= 0.6 is 0 Å². The molecule has 0 radical (unpaired) electrons. The predicted octanol–water partition coefficient (Wildman–Crippen LogP) is 11.4. The first kappa shape index (κ1) is 27.0. The van der Waals surface area contributed by atoms with Gasteiger partial charge in [-0.3, -0.25) is 0 Å². The van der Waals surface area contributed by atoms with E-state index in [1.165, 1.54) is 33.0 Å². The second-order valence-corrected chi connectivity index (χ2v) is 13.2. The Bertz CT molecular complexity index is 2770. The summed E-state index contributed by atoms with van der Waals surface area (Å²) < 4.78 is 6.64. The summed E-state index contributed by atoms with van der Waals surface area (Å²) in [5.74, 6) is 1.86. The summed E-state index contributed by atoms with van der Waals surface area (Å²) >= 11 is 0. The van der Waals surface area contributed by atoms with Crippen LogP contribution in [0.15, 0.2) is 144 Å². The fourth-order valence-electron chi connectivity index (χ4n) is 7.67. The van der Waals surface area contributed by atoms with Crippen molar-refractivity contribution in [3.05, 3.63) is 151 Å². The predicted molar refractivity (Wildman–Crippen MR) is 196 cm³/mol. The van der Waals surface area contributed by atoms with E-state index < -0.39 is 0 Å². The van der Waals surface area contributed by atoms with Crippen LogP contribution in [0.5, 0.6) is 0 Å². The molecule has 0 bridgehead atoms. The first-order chi connectivity index (χ1) is 23.5. The zero-order valence-corrected chi connectivity index (χ0v) is 26.5. The van der Waals surface area contributed by atoms with Crippen molar-refractivity contribution in [2.45, 2.75) is 19.3 Å². The molecule has 2 aromatic heterocycles. The van der Waals surface area contributed by atoms with Crippen molar-refractivity contribution in [1.82, 2.24) is 15.0 Å². The molecule has 226 valence electrons. The SMILES string of the molecule is CC1(C)c2ccccc2-c2c(-c3nc(-c4ccc5ccccc5c4)nc(-c4cccc5c4oc4cc6ccccc6cc45)n3)cccc21. The Balaban J connectivity index is 1.25. The molecule has 4 nitrogen and oxygen atoms in total. The summed E-state index contributed by atoms with van der Waals surface area (Å²) in [4.78, 5) is 15.6. The average Bonchev–Trinajstić information content (AvgIpc) is 3.61. The van der Waals surface area contributed by atoms with Crippen LogP contribution in [0.2, 0.25) is 0 Å². The van der Waals surface area contributed by atoms with Gasteiger partial charge in [-0.1, -0.05) is 129 Å². The van der Waals surface area contributed by atoms with Gasteiger partial charge in [0, 0.05) is 27.3 Å². The first-order valence-corrected chi connectivity index (χ1v) is 16.4. The van der Waals surface area contributed by atoms with Gasteiger partial charge in [0.05, 0.1) is 5.56 Å². The molecule has 0 saturated heterocycles. The number of hydrogen-bond acceptors (Lipinski definition) is 4. The van der Waals surface area contributed by atoms with E-state index in [1.54, 1.807) is 0 Å². The van der Waals surface area contributed by atoms with E-state index in [0.29, 0.717) is 17.5 Å². The molecule has 0 spiro atoms. The Hall–Kier alpha value is -6.13. The maximum Gasteiger partial charge on any atom is 0.167 e. The van der Waals surface area contributed by atoms with Gasteiger partial charge in [-0.05, 0) is 68.1 Å². The van der Waals surface area contributed by atoms with Crippen LogP contribution in [0.1, 0.15) is 25.0 Å². The lowest BCUT2D eigenvalue weighted by Gasteiger charge is -2.21. The van der Waals surface area contributed by atoms with Gasteiger partial charge >= 0.3 is 0 Å². The third kappa shape index (κ3) is 3.93. The van der Waals surface area contributed by atoms with E-state index in [4.69, 9.17) is 19.4 Å². The summed E-state index contributed by atoms with van der Waals surface area (Å²) in [7, 11) is 0. The van der Waals surface area contributed by atoms with E-state index in [1.807, 2.05) is 0 Å². The van der Waals surface area contributed by atoms with E-state index in [-0.39, 0.29) is 5.41 Å². The second-order valence-electron chi connectivity index (χ2n) is 13.2. The van der Waals surface area contributed by atoms with Crippen molar-refractivity contribution in [2.75, 3.05) is 0 Å². The maximum atomic E-state index is 6.64. The molecule has 9 aromatic rings. The summed E-state index contributed by atoms with van der Waals surface area (Å²) in [5, 5.41) is 6.76. The number of furan rings is 1. The van der Waals surface area contributed by atoms with Crippen LogP contribution in [0.4, 0.5) is 0 Å². The van der Waals surface area contributed by atoms with Gasteiger partial charge in [-0.2, -0.15) is 0 Å². The molecule has 0 aliphatic heterocycles. The standard InChI is InChI=1S/C44H29N3O/c1-44(2)36-19-8-7-15-32(36)39-33(17-10-20-37(39)44)42-45-41(30-22-21-26-11-3-4-12-27(26)23-30)46-43(47-42)34-18-9-16-31-35-24-28-13-5-6-14-29(28)25-38(35)48-40(31)34/h3-25H,1-2H3. The number of hydrogen-bond donors (Lipinski definition) is 0. The van der Waals surface area contributed by atoms with Crippen LogP contribution in [-0.2, 0) is 5.41 Å². The zero-order chi connectivity index (χ0) is 32.0. The van der Waals surface area contributed by atoms with Gasteiger partial charge in [-0.25, -0.2) is 15.0 Å². The van der Waals surface area contributed by atoms with E-state index in [0.717, 1.165) is 49.4 Å². The smallest absolute Gasteiger partial charge is 0.167 e. The van der Waals surface area contributed by atoms with Crippen molar-refractivity contribution >= 4 is 43.5 Å². The van der Waals surface area contributed by atoms with Gasteiger partial charge in [0.25, 0.3) is 0 Å². The molecule has 0 atom stereocenters. The van der Waals surface area contributed by atoms with Gasteiger partial charge in [0.1, 0.15) is 11.2 Å². The topological polar surface area (TPSA) is 51.8 Å². The quantitative estimate of drug-likeness (QED) is 0.198. The minimum Gasteiger partial charge on any atom is -0.455 e. The fraction of sp³-hybridized carbons (Fsp3) is 0.0682. The largest absolute Gasteiger partial charge is 0.455 e. The Morgan fingerprint density at radius 2 is 1.06 bits per heavy atom. The Morgan fingerprint density at radius 1 is 0.458 bits per heavy atom. The van der Waals surface area contributed by atoms with Crippen molar-refractivity contribution in [1.29, 1.82) is 0 Å². The minimum absolute atomic E-state index is 0.137. The van der Waals surface area contributed by atoms with Gasteiger partial charge < -0.3 is 4.42 Å². The highest BCUT2D eigenvalue weighted by Gasteiger charge is 2.37. The van der Waals surface area contributed by atoms with Crippen LogP contribution in [-0.4, -0.2) is 15.0 Å². The van der Waals surface area contributed by atoms with Gasteiger partial charge in [0.15, 0.2) is 17.5 Å². The zero-order valence-electron chi connectivity index (χ0n) is 26.5. The summed E-state index contributed by atoms with van der Waals surface area (Å²) in [6.07, 6.45) is 0. The van der Waals surface area contributed by atoms with Crippen molar-refractivity contribution in [3.63, 3.8) is 0 Å². The molecule has 0 amide bonds. The molecule has 0 saturated carbocycles. The lowest BCUT2D eigenvalue weighted by molar-refractivity contribution is 0.660. The van der Waals surface area contributed by atoms with Crippen LogP contribution < -0.4 is 0 Å². The Morgan fingerprint density at radius 3 is 1.90 bits per heavy atom. The minimum atomic E-state index is -0.137. The maximum absolute atomic E-state index is 6.64. The van der Waals surface area contributed by atoms with Crippen LogP contribution in [0.3, 0.4) is 0 Å². The molecule has 1 aliphatic rings. The molecule has 48 heavy (non-hydrogen) atoms. The van der Waals surface area contributed by atoms with E-state index >= 15 is 0 Å². The highest BCUT2D eigenvalue weighted by Crippen LogP contribution is 2.51. The average molecular weight is 616 g/mol. The molecule has 4 heteroatoms. The van der Waals surface area contributed by atoms with Gasteiger partial charge in [-0.15, -0.1) is 0 Å². The number of nitrogens with zero attached hydrogens (tertiary/aromatic N) is 3. The van der Waals surface area contributed by atoms with Crippen molar-refractivity contribution in [2.24, 2.45) is 0 Å². The number of para-hydroxylation sites is 1. The molecule has 1 aliphatic carbocycles. The van der Waals surface area contributed by atoms with E-state index in [2.05, 4.69) is 153 Å². The Kier molecular flexibility index (Phi) is 5.59. The molecular formula is C44H29N3O. The number of rotatable bonds is 3. The van der Waals surface area contributed by atoms with Crippen molar-refractivity contribution in [3.8, 4) is 45.3 Å². The lowest BCUT2D eigenvalue weighted by Crippen LogP contribution is -2.14. The first-order valence-electron chi connectivity index (χ1n) is 16.4. The molecule has 0 unspecified atom stereocenters.